The Bertz CT molecular complexity index is 2960. The maximum absolute atomic E-state index is 6.70. The SMILES string of the molecule is CN(C)c1ccnc(-n2c3ccccc3c3ccc(Oc4cc(Oc5ccc6c7ccccc7n(-c7cc(N(C)C)ccn7)c6c5)cc(-c5ncccn5)c4)cc32)c1. The number of hydrogen-bond donors (Lipinski definition) is 0. The first-order valence-electron chi connectivity index (χ1n) is 19.0. The van der Waals surface area contributed by atoms with Crippen molar-refractivity contribution < 1.29 is 9.47 Å². The minimum atomic E-state index is 0.558. The minimum absolute atomic E-state index is 0.558. The molecule has 0 spiro atoms. The molecule has 0 radical (unpaired) electrons. The lowest BCUT2D eigenvalue weighted by atomic mass is 10.1. The van der Waals surface area contributed by atoms with E-state index in [0.717, 1.165) is 72.2 Å². The van der Waals surface area contributed by atoms with Crippen molar-refractivity contribution in [3.8, 4) is 46.0 Å². The molecule has 5 aromatic heterocycles. The molecule has 282 valence electrons. The number of nitrogens with zero attached hydrogens (tertiary/aromatic N) is 8. The van der Waals surface area contributed by atoms with E-state index in [2.05, 4.69) is 114 Å². The lowest BCUT2D eigenvalue weighted by molar-refractivity contribution is 0.461. The van der Waals surface area contributed by atoms with Crippen LogP contribution in [0.15, 0.2) is 158 Å². The molecule has 0 N–H and O–H groups in total. The zero-order chi connectivity index (χ0) is 39.3. The van der Waals surface area contributed by atoms with Gasteiger partial charge in [-0.05, 0) is 66.7 Å². The summed E-state index contributed by atoms with van der Waals surface area (Å²) in [7, 11) is 8.13. The van der Waals surface area contributed by atoms with Crippen molar-refractivity contribution in [1.29, 1.82) is 0 Å². The molecule has 58 heavy (non-hydrogen) atoms. The second kappa shape index (κ2) is 14.1. The second-order valence-electron chi connectivity index (χ2n) is 14.6. The normalized spacial score (nSPS) is 11.4. The van der Waals surface area contributed by atoms with Crippen LogP contribution in [0.25, 0.3) is 66.6 Å². The van der Waals surface area contributed by atoms with Crippen LogP contribution < -0.4 is 19.3 Å². The number of rotatable bonds is 9. The first-order valence-corrected chi connectivity index (χ1v) is 19.0. The number of hydrogen-bond acceptors (Lipinski definition) is 8. The molecule has 0 saturated carbocycles. The molecule has 0 unspecified atom stereocenters. The topological polar surface area (TPSA) is 86.4 Å². The number of pyridine rings is 2. The van der Waals surface area contributed by atoms with E-state index in [1.165, 1.54) is 0 Å². The molecule has 0 atom stereocenters. The van der Waals surface area contributed by atoms with Crippen LogP contribution in [0.5, 0.6) is 23.0 Å². The predicted molar refractivity (Wildman–Crippen MR) is 233 cm³/mol. The van der Waals surface area contributed by atoms with Crippen LogP contribution in [0.2, 0.25) is 0 Å². The summed E-state index contributed by atoms with van der Waals surface area (Å²) in [6, 6.07) is 44.9. The predicted octanol–water partition coefficient (Wildman–Crippen LogP) is 10.8. The molecule has 5 aromatic carbocycles. The van der Waals surface area contributed by atoms with Crippen molar-refractivity contribution in [2.24, 2.45) is 0 Å². The standard InChI is InChI=1S/C48H38N8O2/c1-53(2)32-18-22-49-46(26-32)55-42-12-7-5-10-38(42)40-16-14-34(29-44(40)55)57-36-24-31(48-51-20-9-21-52-48)25-37(28-36)58-35-15-17-41-39-11-6-8-13-43(39)56(45(41)30-35)47-27-33(54(3)4)19-23-50-47/h5-30H,1-4H3. The molecule has 0 bridgehead atoms. The maximum Gasteiger partial charge on any atom is 0.159 e. The van der Waals surface area contributed by atoms with Gasteiger partial charge in [0.2, 0.25) is 0 Å². The van der Waals surface area contributed by atoms with Crippen molar-refractivity contribution in [2.45, 2.75) is 0 Å². The van der Waals surface area contributed by atoms with Crippen LogP contribution in [0.3, 0.4) is 0 Å². The van der Waals surface area contributed by atoms with E-state index in [4.69, 9.17) is 19.4 Å². The molecule has 0 aliphatic rings. The van der Waals surface area contributed by atoms with Crippen molar-refractivity contribution in [1.82, 2.24) is 29.1 Å². The van der Waals surface area contributed by atoms with Gasteiger partial charge in [-0.15, -0.1) is 0 Å². The summed E-state index contributed by atoms with van der Waals surface area (Å²) in [4.78, 5) is 22.9. The highest BCUT2D eigenvalue weighted by Crippen LogP contribution is 2.39. The Hall–Kier alpha value is -7.72. The fraction of sp³-hybridized carbons (Fsp3) is 0.0833. The summed E-state index contributed by atoms with van der Waals surface area (Å²) in [5.41, 5.74) is 6.97. The van der Waals surface area contributed by atoms with Crippen LogP contribution in [0, 0.1) is 0 Å². The van der Waals surface area contributed by atoms with Gasteiger partial charge in [-0.1, -0.05) is 36.4 Å². The van der Waals surface area contributed by atoms with Crippen molar-refractivity contribution in [3.05, 3.63) is 158 Å². The third kappa shape index (κ3) is 6.17. The smallest absolute Gasteiger partial charge is 0.159 e. The molecule has 10 aromatic rings. The Kier molecular flexibility index (Phi) is 8.44. The highest BCUT2D eigenvalue weighted by Gasteiger charge is 2.18. The van der Waals surface area contributed by atoms with Gasteiger partial charge in [0, 0.05) is 122 Å². The lowest BCUT2D eigenvalue weighted by Crippen LogP contribution is -2.09. The van der Waals surface area contributed by atoms with E-state index in [1.807, 2.05) is 83.0 Å². The van der Waals surface area contributed by atoms with Gasteiger partial charge in [0.25, 0.3) is 0 Å². The maximum atomic E-state index is 6.70. The average molecular weight is 759 g/mol. The monoisotopic (exact) mass is 758 g/mol. The number of benzene rings is 5. The van der Waals surface area contributed by atoms with Gasteiger partial charge in [-0.2, -0.15) is 0 Å². The van der Waals surface area contributed by atoms with E-state index >= 15 is 0 Å². The molecule has 0 amide bonds. The first kappa shape index (κ1) is 34.7. The Morgan fingerprint density at radius 1 is 0.397 bits per heavy atom. The molecule has 0 aliphatic heterocycles. The van der Waals surface area contributed by atoms with Crippen LogP contribution in [0.4, 0.5) is 11.4 Å². The Morgan fingerprint density at radius 2 is 0.862 bits per heavy atom. The van der Waals surface area contributed by atoms with Gasteiger partial charge in [-0.3, -0.25) is 9.13 Å². The summed E-state index contributed by atoms with van der Waals surface area (Å²) in [6.07, 6.45) is 7.16. The third-order valence-corrected chi connectivity index (χ3v) is 10.4. The average Bonchev–Trinajstić information content (AvgIpc) is 3.76. The van der Waals surface area contributed by atoms with E-state index < -0.39 is 0 Å². The molecule has 10 nitrogen and oxygen atoms in total. The molecule has 10 rings (SSSR count). The van der Waals surface area contributed by atoms with Gasteiger partial charge in [0.05, 0.1) is 22.1 Å². The number of anilines is 2. The Labute approximate surface area is 334 Å². The summed E-state index contributed by atoms with van der Waals surface area (Å²) in [6.45, 7) is 0. The lowest BCUT2D eigenvalue weighted by Gasteiger charge is -2.15. The number of para-hydroxylation sites is 2. The summed E-state index contributed by atoms with van der Waals surface area (Å²) in [5.74, 6) is 4.69. The molecule has 5 heterocycles. The van der Waals surface area contributed by atoms with E-state index in [9.17, 15) is 0 Å². The highest BCUT2D eigenvalue weighted by molar-refractivity contribution is 6.10. The molecule has 10 heteroatoms. The zero-order valence-corrected chi connectivity index (χ0v) is 32.4. The highest BCUT2D eigenvalue weighted by atomic mass is 16.5. The van der Waals surface area contributed by atoms with E-state index in [-0.39, 0.29) is 0 Å². The van der Waals surface area contributed by atoms with E-state index in [1.54, 1.807) is 18.5 Å². The van der Waals surface area contributed by atoms with Crippen LogP contribution >= 0.6 is 0 Å². The van der Waals surface area contributed by atoms with Crippen LogP contribution in [0.1, 0.15) is 0 Å². The second-order valence-corrected chi connectivity index (χ2v) is 14.6. The van der Waals surface area contributed by atoms with Crippen LogP contribution in [-0.4, -0.2) is 57.3 Å². The molecule has 0 saturated heterocycles. The van der Waals surface area contributed by atoms with Gasteiger partial charge in [-0.25, -0.2) is 19.9 Å². The van der Waals surface area contributed by atoms with Gasteiger partial charge in [0.15, 0.2) is 5.82 Å². The van der Waals surface area contributed by atoms with Gasteiger partial charge >= 0.3 is 0 Å². The molecule has 0 fully saturated rings. The quantitative estimate of drug-likeness (QED) is 0.144. The van der Waals surface area contributed by atoms with Gasteiger partial charge in [0.1, 0.15) is 34.6 Å². The fourth-order valence-electron chi connectivity index (χ4n) is 7.68. The summed E-state index contributed by atoms with van der Waals surface area (Å²) >= 11 is 0. The first-order chi connectivity index (χ1) is 28.4. The van der Waals surface area contributed by atoms with E-state index in [0.29, 0.717) is 28.8 Å². The fourth-order valence-corrected chi connectivity index (χ4v) is 7.68. The molecular formula is C48H38N8O2. The molecule has 0 aliphatic carbocycles. The van der Waals surface area contributed by atoms with Crippen molar-refractivity contribution >= 4 is 55.0 Å². The summed E-state index contributed by atoms with van der Waals surface area (Å²) in [5, 5.41) is 4.48. The largest absolute Gasteiger partial charge is 0.457 e. The third-order valence-electron chi connectivity index (χ3n) is 10.4. The van der Waals surface area contributed by atoms with Gasteiger partial charge < -0.3 is 19.3 Å². The zero-order valence-electron chi connectivity index (χ0n) is 32.4. The minimum Gasteiger partial charge on any atom is -0.457 e. The number of aromatic nitrogens is 6. The van der Waals surface area contributed by atoms with Crippen molar-refractivity contribution in [2.75, 3.05) is 38.0 Å². The molecular weight excluding hydrogens is 721 g/mol. The summed E-state index contributed by atoms with van der Waals surface area (Å²) < 4.78 is 17.8. The van der Waals surface area contributed by atoms with Crippen molar-refractivity contribution in [3.63, 3.8) is 0 Å². The van der Waals surface area contributed by atoms with Crippen LogP contribution in [-0.2, 0) is 0 Å². The number of ether oxygens (including phenoxy) is 2. The Morgan fingerprint density at radius 3 is 1.34 bits per heavy atom. The number of fused-ring (bicyclic) bond motifs is 6. The Balaban J connectivity index is 1.07.